The van der Waals surface area contributed by atoms with Crippen molar-refractivity contribution in [3.05, 3.63) is 24.3 Å². The van der Waals surface area contributed by atoms with Crippen LogP contribution in [0.15, 0.2) is 29.3 Å². The van der Waals surface area contributed by atoms with Crippen molar-refractivity contribution in [2.75, 3.05) is 18.5 Å². The molecule has 0 bridgehead atoms. The van der Waals surface area contributed by atoms with Gasteiger partial charge in [-0.15, -0.1) is 13.2 Å². The highest BCUT2D eigenvalue weighted by atomic mass is 19.4. The van der Waals surface area contributed by atoms with Crippen LogP contribution < -0.4 is 15.8 Å². The van der Waals surface area contributed by atoms with Crippen molar-refractivity contribution in [2.45, 2.75) is 12.8 Å². The van der Waals surface area contributed by atoms with Crippen LogP contribution in [0.25, 0.3) is 0 Å². The summed E-state index contributed by atoms with van der Waals surface area (Å²) in [5, 5.41) is 2.47. The third-order valence-electron chi connectivity index (χ3n) is 1.95. The van der Waals surface area contributed by atoms with Gasteiger partial charge in [0.1, 0.15) is 0 Å². The van der Waals surface area contributed by atoms with E-state index < -0.39 is 18.8 Å². The lowest BCUT2D eigenvalue weighted by Gasteiger charge is -2.14. The summed E-state index contributed by atoms with van der Waals surface area (Å²) < 4.78 is 52.1. The van der Waals surface area contributed by atoms with E-state index >= 15 is 0 Å². The summed E-state index contributed by atoms with van der Waals surface area (Å²) in [4.78, 5) is 3.75. The van der Waals surface area contributed by atoms with Crippen molar-refractivity contribution in [2.24, 2.45) is 10.7 Å². The summed E-state index contributed by atoms with van der Waals surface area (Å²) in [6.07, 6.45) is -4.60. The number of benzene rings is 1. The molecule has 0 radical (unpaired) electrons. The van der Waals surface area contributed by atoms with Gasteiger partial charge in [0.15, 0.2) is 11.7 Å². The molecule has 19 heavy (non-hydrogen) atoms. The smallest absolute Gasteiger partial charge is 0.404 e. The number of nitrogens with one attached hydrogen (secondary N) is 1. The largest absolute Gasteiger partial charge is 0.573 e. The number of aliphatic imine (C=N–C) groups is 1. The van der Waals surface area contributed by atoms with Crippen LogP contribution >= 0.6 is 0 Å². The number of nitrogens with two attached hydrogens (primary N) is 1. The molecular weight excluding hydrogens is 266 g/mol. The van der Waals surface area contributed by atoms with Gasteiger partial charge in [0.25, 0.3) is 0 Å². The predicted molar refractivity (Wildman–Crippen MR) is 63.8 cm³/mol. The number of alkyl halides is 4. The fraction of sp³-hybridized carbons (Fsp3) is 0.364. The van der Waals surface area contributed by atoms with Gasteiger partial charge in [-0.1, -0.05) is 12.1 Å². The second-order valence-corrected chi connectivity index (χ2v) is 3.48. The molecule has 106 valence electrons. The molecule has 0 atom stereocenters. The second kappa shape index (κ2) is 6.81. The highest BCUT2D eigenvalue weighted by Crippen LogP contribution is 2.29. The first-order valence-electron chi connectivity index (χ1n) is 5.40. The van der Waals surface area contributed by atoms with Crippen LogP contribution in [0.4, 0.5) is 23.2 Å². The topological polar surface area (TPSA) is 59.6 Å². The highest BCUT2D eigenvalue weighted by Gasteiger charge is 2.32. The number of rotatable bonds is 5. The molecule has 0 aliphatic carbocycles. The Morgan fingerprint density at radius 3 is 2.63 bits per heavy atom. The zero-order chi connectivity index (χ0) is 14.3. The lowest BCUT2D eigenvalue weighted by atomic mass is 10.3. The molecule has 0 saturated heterocycles. The molecule has 0 heterocycles. The van der Waals surface area contributed by atoms with Crippen molar-refractivity contribution in [3.8, 4) is 5.75 Å². The molecule has 0 fully saturated rings. The number of guanidine groups is 1. The minimum atomic E-state index is -4.79. The lowest BCUT2D eigenvalue weighted by molar-refractivity contribution is -0.274. The van der Waals surface area contributed by atoms with Crippen molar-refractivity contribution in [1.82, 2.24) is 0 Å². The van der Waals surface area contributed by atoms with Crippen molar-refractivity contribution in [3.63, 3.8) is 0 Å². The maximum absolute atomic E-state index is 12.2. The Balaban J connectivity index is 2.75. The van der Waals surface area contributed by atoms with E-state index in [1.54, 1.807) is 0 Å². The average Bonchev–Trinajstić information content (AvgIpc) is 2.30. The summed E-state index contributed by atoms with van der Waals surface area (Å²) in [6.45, 7) is -0.387. The quantitative estimate of drug-likeness (QED) is 0.377. The van der Waals surface area contributed by atoms with Gasteiger partial charge in [-0.3, -0.25) is 9.38 Å². The summed E-state index contributed by atoms with van der Waals surface area (Å²) >= 11 is 0. The van der Waals surface area contributed by atoms with Gasteiger partial charge in [0.05, 0.1) is 12.4 Å². The first kappa shape index (κ1) is 15.1. The fourth-order valence-corrected chi connectivity index (χ4v) is 1.22. The monoisotopic (exact) mass is 279 g/mol. The molecule has 0 spiro atoms. The minimum absolute atomic E-state index is 0.0290. The Labute approximate surface area is 107 Å². The maximum Gasteiger partial charge on any atom is 0.573 e. The number of hydrogen-bond acceptors (Lipinski definition) is 2. The molecule has 0 aliphatic rings. The average molecular weight is 279 g/mol. The Morgan fingerprint density at radius 1 is 1.32 bits per heavy atom. The number of hydrogen-bond donors (Lipinski definition) is 2. The van der Waals surface area contributed by atoms with Gasteiger partial charge < -0.3 is 15.8 Å². The number of anilines is 1. The predicted octanol–water partition coefficient (Wildman–Crippen LogP) is 2.67. The third kappa shape index (κ3) is 5.94. The molecule has 0 amide bonds. The first-order chi connectivity index (χ1) is 8.92. The SMILES string of the molecule is NC(=NCCCF)Nc1ccccc1OC(F)(F)F. The maximum atomic E-state index is 12.2. The standard InChI is InChI=1S/C11H13F4N3O/c12-6-3-7-17-10(16)18-8-4-1-2-5-9(8)19-11(13,14)15/h1-2,4-5H,3,6-7H2,(H3,16,17,18). The highest BCUT2D eigenvalue weighted by molar-refractivity contribution is 5.93. The van der Waals surface area contributed by atoms with E-state index in [9.17, 15) is 17.6 Å². The molecule has 8 heteroatoms. The summed E-state index contributed by atoms with van der Waals surface area (Å²) in [7, 11) is 0. The van der Waals surface area contributed by atoms with Gasteiger partial charge in [-0.2, -0.15) is 0 Å². The number of nitrogens with zero attached hydrogens (tertiary/aromatic N) is 1. The minimum Gasteiger partial charge on any atom is -0.404 e. The zero-order valence-electron chi connectivity index (χ0n) is 9.88. The van der Waals surface area contributed by atoms with Crippen LogP contribution in [0.1, 0.15) is 6.42 Å². The molecule has 3 N–H and O–H groups in total. The van der Waals surface area contributed by atoms with Crippen molar-refractivity contribution in [1.29, 1.82) is 0 Å². The molecule has 0 saturated carbocycles. The normalized spacial score (nSPS) is 12.3. The van der Waals surface area contributed by atoms with Gasteiger partial charge in [-0.05, 0) is 18.6 Å². The summed E-state index contributed by atoms with van der Waals surface area (Å²) in [6, 6.07) is 5.41. The molecule has 0 aliphatic heterocycles. The van der Waals surface area contributed by atoms with Crippen LogP contribution in [-0.4, -0.2) is 25.5 Å². The summed E-state index contributed by atoms with van der Waals surface area (Å²) in [5.41, 5.74) is 5.49. The van der Waals surface area contributed by atoms with E-state index in [1.807, 2.05) is 0 Å². The summed E-state index contributed by atoms with van der Waals surface area (Å²) in [5.74, 6) is -0.523. The second-order valence-electron chi connectivity index (χ2n) is 3.48. The van der Waals surface area contributed by atoms with Crippen molar-refractivity contribution < 1.29 is 22.3 Å². The van der Waals surface area contributed by atoms with E-state index in [0.29, 0.717) is 0 Å². The van der Waals surface area contributed by atoms with E-state index in [2.05, 4.69) is 15.0 Å². The molecule has 1 aromatic rings. The van der Waals surface area contributed by atoms with Gasteiger partial charge in [-0.25, -0.2) is 0 Å². The molecule has 0 unspecified atom stereocenters. The van der Waals surface area contributed by atoms with Gasteiger partial charge in [0.2, 0.25) is 0 Å². The molecule has 0 aromatic heterocycles. The molecule has 1 aromatic carbocycles. The number of para-hydroxylation sites is 2. The van der Waals surface area contributed by atoms with Gasteiger partial charge in [0, 0.05) is 6.54 Å². The molecule has 4 nitrogen and oxygen atoms in total. The Bertz CT molecular complexity index is 434. The van der Waals surface area contributed by atoms with E-state index in [-0.39, 0.29) is 24.6 Å². The van der Waals surface area contributed by atoms with Crippen LogP contribution in [0, 0.1) is 0 Å². The van der Waals surface area contributed by atoms with Crippen molar-refractivity contribution >= 4 is 11.6 Å². The van der Waals surface area contributed by atoms with Crippen LogP contribution in [0.3, 0.4) is 0 Å². The van der Waals surface area contributed by atoms with Gasteiger partial charge >= 0.3 is 6.36 Å². The van der Waals surface area contributed by atoms with Crippen LogP contribution in [0.2, 0.25) is 0 Å². The Kier molecular flexibility index (Phi) is 5.40. The van der Waals surface area contributed by atoms with E-state index in [4.69, 9.17) is 5.73 Å². The Hall–Kier alpha value is -1.99. The number of halogens is 4. The lowest BCUT2D eigenvalue weighted by Crippen LogP contribution is -2.24. The Morgan fingerprint density at radius 2 is 2.00 bits per heavy atom. The third-order valence-corrected chi connectivity index (χ3v) is 1.95. The zero-order valence-corrected chi connectivity index (χ0v) is 9.88. The number of ether oxygens (including phenoxy) is 1. The van der Waals surface area contributed by atoms with E-state index in [0.717, 1.165) is 6.07 Å². The first-order valence-corrected chi connectivity index (χ1v) is 5.40. The van der Waals surface area contributed by atoms with Crippen LogP contribution in [0.5, 0.6) is 5.75 Å². The molecule has 1 rings (SSSR count). The van der Waals surface area contributed by atoms with E-state index in [1.165, 1.54) is 18.2 Å². The molecular formula is C11H13F4N3O. The fourth-order valence-electron chi connectivity index (χ4n) is 1.22. The van der Waals surface area contributed by atoms with Crippen LogP contribution in [-0.2, 0) is 0 Å².